The molecule has 1 rings (SSSR count). The molecule has 0 aromatic heterocycles. The van der Waals surface area contributed by atoms with Gasteiger partial charge in [0.15, 0.2) is 0 Å². The molecule has 1 aliphatic rings. The highest BCUT2D eigenvalue weighted by Gasteiger charge is 2.31. The molecule has 0 aromatic rings. The normalized spacial score (nSPS) is 23.3. The van der Waals surface area contributed by atoms with Crippen LogP contribution in [0.1, 0.15) is 20.8 Å². The van der Waals surface area contributed by atoms with Gasteiger partial charge in [0.1, 0.15) is 5.60 Å². The summed E-state index contributed by atoms with van der Waals surface area (Å²) < 4.78 is 5.36. The standard InChI is InChI=1S/C11H23N3O2/c1-11(2,3)16-10(15)14-6-5-13(4)8-9(14)7-12/h9H,5-8,12H2,1-4H3/t9-/m1/s1. The molecule has 1 atom stereocenters. The highest BCUT2D eigenvalue weighted by Crippen LogP contribution is 2.14. The van der Waals surface area contributed by atoms with Crippen molar-refractivity contribution in [1.82, 2.24) is 9.80 Å². The highest BCUT2D eigenvalue weighted by molar-refractivity contribution is 5.68. The summed E-state index contributed by atoms with van der Waals surface area (Å²) in [7, 11) is 2.04. The molecule has 5 heteroatoms. The number of hydrogen-bond acceptors (Lipinski definition) is 4. The minimum atomic E-state index is -0.445. The number of amides is 1. The van der Waals surface area contributed by atoms with Crippen molar-refractivity contribution in [2.24, 2.45) is 5.73 Å². The van der Waals surface area contributed by atoms with Crippen LogP contribution in [0.25, 0.3) is 0 Å². The van der Waals surface area contributed by atoms with Crippen LogP contribution in [0.4, 0.5) is 4.79 Å². The van der Waals surface area contributed by atoms with Gasteiger partial charge in [-0.2, -0.15) is 0 Å². The Hall–Kier alpha value is -0.810. The highest BCUT2D eigenvalue weighted by atomic mass is 16.6. The zero-order valence-electron chi connectivity index (χ0n) is 10.7. The van der Waals surface area contributed by atoms with Crippen LogP contribution in [0, 0.1) is 0 Å². The van der Waals surface area contributed by atoms with E-state index < -0.39 is 5.60 Å². The molecule has 0 bridgehead atoms. The summed E-state index contributed by atoms with van der Waals surface area (Å²) in [6.45, 7) is 8.47. The number of nitrogens with zero attached hydrogens (tertiary/aromatic N) is 2. The molecule has 0 aromatic carbocycles. The zero-order chi connectivity index (χ0) is 12.3. The van der Waals surface area contributed by atoms with Crippen LogP contribution in [0.5, 0.6) is 0 Å². The zero-order valence-corrected chi connectivity index (χ0v) is 10.7. The molecule has 0 spiro atoms. The van der Waals surface area contributed by atoms with E-state index in [1.807, 2.05) is 27.8 Å². The van der Waals surface area contributed by atoms with Crippen molar-refractivity contribution in [2.45, 2.75) is 32.4 Å². The lowest BCUT2D eigenvalue weighted by molar-refractivity contribution is 0.00288. The smallest absolute Gasteiger partial charge is 0.410 e. The average Bonchev–Trinajstić information content (AvgIpc) is 2.14. The molecule has 2 N–H and O–H groups in total. The van der Waals surface area contributed by atoms with Crippen LogP contribution in [0.3, 0.4) is 0 Å². The average molecular weight is 229 g/mol. The molecule has 1 amide bonds. The molecule has 1 fully saturated rings. The maximum atomic E-state index is 11.9. The third-order valence-electron chi connectivity index (χ3n) is 2.59. The minimum absolute atomic E-state index is 0.0635. The molecule has 0 unspecified atom stereocenters. The van der Waals surface area contributed by atoms with Crippen LogP contribution in [0.15, 0.2) is 0 Å². The van der Waals surface area contributed by atoms with Crippen molar-refractivity contribution < 1.29 is 9.53 Å². The van der Waals surface area contributed by atoms with Gasteiger partial charge in [0.2, 0.25) is 0 Å². The third kappa shape index (κ3) is 3.64. The first-order chi connectivity index (χ1) is 7.33. The minimum Gasteiger partial charge on any atom is -0.444 e. The van der Waals surface area contributed by atoms with Gasteiger partial charge in [0.05, 0.1) is 6.04 Å². The molecule has 0 saturated carbocycles. The SMILES string of the molecule is CN1CCN(C(=O)OC(C)(C)C)[C@H](CN)C1. The van der Waals surface area contributed by atoms with Crippen LogP contribution < -0.4 is 5.73 Å². The predicted molar refractivity (Wildman–Crippen MR) is 63.3 cm³/mol. The Bertz CT molecular complexity index is 250. The lowest BCUT2D eigenvalue weighted by Crippen LogP contribution is -2.57. The van der Waals surface area contributed by atoms with Crippen LogP contribution in [-0.4, -0.2) is 60.8 Å². The summed E-state index contributed by atoms with van der Waals surface area (Å²) in [6.07, 6.45) is -0.254. The number of likely N-dealkylation sites (N-methyl/N-ethyl adjacent to an activating group) is 1. The van der Waals surface area contributed by atoms with E-state index in [9.17, 15) is 4.79 Å². The third-order valence-corrected chi connectivity index (χ3v) is 2.59. The second-order valence-electron chi connectivity index (χ2n) is 5.33. The van der Waals surface area contributed by atoms with Gasteiger partial charge in [0.25, 0.3) is 0 Å². The number of rotatable bonds is 1. The second-order valence-corrected chi connectivity index (χ2v) is 5.33. The summed E-state index contributed by atoms with van der Waals surface area (Å²) in [5, 5.41) is 0. The van der Waals surface area contributed by atoms with Crippen LogP contribution in [0.2, 0.25) is 0 Å². The lowest BCUT2D eigenvalue weighted by atomic mass is 10.2. The molecule has 5 nitrogen and oxygen atoms in total. The van der Waals surface area contributed by atoms with Crippen molar-refractivity contribution in [2.75, 3.05) is 33.2 Å². The molecule has 1 saturated heterocycles. The Kier molecular flexibility index (Phi) is 4.15. The first-order valence-corrected chi connectivity index (χ1v) is 5.71. The van der Waals surface area contributed by atoms with Crippen molar-refractivity contribution >= 4 is 6.09 Å². The van der Waals surface area contributed by atoms with E-state index >= 15 is 0 Å². The van der Waals surface area contributed by atoms with Crippen molar-refractivity contribution in [3.8, 4) is 0 Å². The first-order valence-electron chi connectivity index (χ1n) is 5.71. The maximum Gasteiger partial charge on any atom is 0.410 e. The van der Waals surface area contributed by atoms with Gasteiger partial charge in [-0.3, -0.25) is 0 Å². The molecular formula is C11H23N3O2. The number of ether oxygens (including phenoxy) is 1. The first kappa shape index (κ1) is 13.3. The fourth-order valence-corrected chi connectivity index (χ4v) is 1.77. The van der Waals surface area contributed by atoms with Crippen molar-refractivity contribution in [1.29, 1.82) is 0 Å². The van der Waals surface area contributed by atoms with Crippen molar-refractivity contribution in [3.05, 3.63) is 0 Å². The summed E-state index contributed by atoms with van der Waals surface area (Å²) in [5.41, 5.74) is 5.24. The van der Waals surface area contributed by atoms with Gasteiger partial charge in [-0.25, -0.2) is 4.79 Å². The van der Waals surface area contributed by atoms with Gasteiger partial charge in [-0.1, -0.05) is 0 Å². The summed E-state index contributed by atoms with van der Waals surface area (Å²) in [4.78, 5) is 15.8. The quantitative estimate of drug-likeness (QED) is 0.711. The molecule has 94 valence electrons. The molecular weight excluding hydrogens is 206 g/mol. The van der Waals surface area contributed by atoms with E-state index in [-0.39, 0.29) is 12.1 Å². The van der Waals surface area contributed by atoms with E-state index in [0.29, 0.717) is 13.1 Å². The fourth-order valence-electron chi connectivity index (χ4n) is 1.77. The van der Waals surface area contributed by atoms with Gasteiger partial charge >= 0.3 is 6.09 Å². The van der Waals surface area contributed by atoms with Gasteiger partial charge < -0.3 is 20.3 Å². The molecule has 0 aliphatic carbocycles. The second kappa shape index (κ2) is 5.01. The lowest BCUT2D eigenvalue weighted by Gasteiger charge is -2.39. The number of piperazine rings is 1. The monoisotopic (exact) mass is 229 g/mol. The van der Waals surface area contributed by atoms with Gasteiger partial charge in [-0.15, -0.1) is 0 Å². The molecule has 16 heavy (non-hydrogen) atoms. The van der Waals surface area contributed by atoms with Gasteiger partial charge in [0, 0.05) is 26.2 Å². The number of carbonyl (C=O) groups is 1. The number of carbonyl (C=O) groups excluding carboxylic acids is 1. The number of hydrogen-bond donors (Lipinski definition) is 1. The molecule has 0 radical (unpaired) electrons. The summed E-state index contributed by atoms with van der Waals surface area (Å²) >= 11 is 0. The van der Waals surface area contributed by atoms with Crippen LogP contribution >= 0.6 is 0 Å². The molecule has 1 heterocycles. The van der Waals surface area contributed by atoms with E-state index in [1.165, 1.54) is 0 Å². The van der Waals surface area contributed by atoms with E-state index in [4.69, 9.17) is 10.5 Å². The topological polar surface area (TPSA) is 58.8 Å². The maximum absolute atomic E-state index is 11.9. The Morgan fingerprint density at radius 3 is 2.56 bits per heavy atom. The Morgan fingerprint density at radius 2 is 2.06 bits per heavy atom. The summed E-state index contributed by atoms with van der Waals surface area (Å²) in [5.74, 6) is 0. The Labute approximate surface area is 97.5 Å². The number of nitrogens with two attached hydrogens (primary N) is 1. The van der Waals surface area contributed by atoms with Crippen molar-refractivity contribution in [3.63, 3.8) is 0 Å². The van der Waals surface area contributed by atoms with E-state index in [2.05, 4.69) is 4.90 Å². The summed E-state index contributed by atoms with van der Waals surface area (Å²) in [6, 6.07) is 0.0635. The Balaban J connectivity index is 2.60. The predicted octanol–water partition coefficient (Wildman–Crippen LogP) is 0.496. The Morgan fingerprint density at radius 1 is 1.44 bits per heavy atom. The molecule has 1 aliphatic heterocycles. The van der Waals surface area contributed by atoms with E-state index in [1.54, 1.807) is 4.90 Å². The van der Waals surface area contributed by atoms with Crippen LogP contribution in [-0.2, 0) is 4.74 Å². The fraction of sp³-hybridized carbons (Fsp3) is 0.909. The largest absolute Gasteiger partial charge is 0.444 e. The van der Waals surface area contributed by atoms with E-state index in [0.717, 1.165) is 13.1 Å². The van der Waals surface area contributed by atoms with Gasteiger partial charge in [-0.05, 0) is 27.8 Å².